The molecule has 0 radical (unpaired) electrons. The fourth-order valence-corrected chi connectivity index (χ4v) is 1.79. The van der Waals surface area contributed by atoms with Crippen LogP contribution in [0.25, 0.3) is 11.3 Å². The van der Waals surface area contributed by atoms with Gasteiger partial charge in [-0.05, 0) is 18.6 Å². The van der Waals surface area contributed by atoms with E-state index in [0.29, 0.717) is 18.9 Å². The second kappa shape index (κ2) is 5.90. The van der Waals surface area contributed by atoms with Crippen molar-refractivity contribution in [2.45, 2.75) is 12.5 Å². The lowest BCUT2D eigenvalue weighted by Crippen LogP contribution is -2.14. The van der Waals surface area contributed by atoms with E-state index in [1.54, 1.807) is 7.11 Å². The molecule has 4 nitrogen and oxygen atoms in total. The van der Waals surface area contributed by atoms with Gasteiger partial charge < -0.3 is 15.5 Å². The number of aromatic nitrogens is 2. The highest BCUT2D eigenvalue weighted by Crippen LogP contribution is 2.25. The van der Waals surface area contributed by atoms with Crippen molar-refractivity contribution in [2.75, 3.05) is 13.7 Å². The van der Waals surface area contributed by atoms with Crippen molar-refractivity contribution in [1.82, 2.24) is 9.97 Å². The Labute approximate surface area is 109 Å². The average Bonchev–Trinajstić information content (AvgIpc) is 2.85. The number of benzene rings is 1. The number of nitrogens with two attached hydrogens (primary N) is 1. The third-order valence-electron chi connectivity index (χ3n) is 2.81. The average molecular weight is 267 g/mol. The van der Waals surface area contributed by atoms with Gasteiger partial charge in [0.1, 0.15) is 17.5 Å². The molecule has 0 aliphatic heterocycles. The van der Waals surface area contributed by atoms with E-state index in [0.717, 1.165) is 0 Å². The third-order valence-corrected chi connectivity index (χ3v) is 2.81. The van der Waals surface area contributed by atoms with Gasteiger partial charge in [0.05, 0.1) is 23.5 Å². The van der Waals surface area contributed by atoms with Crippen LogP contribution in [-0.2, 0) is 4.74 Å². The number of aromatic amines is 1. The lowest BCUT2D eigenvalue weighted by molar-refractivity contribution is 0.187. The molecule has 2 aromatic rings. The molecule has 0 fully saturated rings. The maximum atomic E-state index is 13.6. The highest BCUT2D eigenvalue weighted by molar-refractivity contribution is 5.60. The highest BCUT2D eigenvalue weighted by Gasteiger charge is 2.16. The second-order valence-corrected chi connectivity index (χ2v) is 4.17. The van der Waals surface area contributed by atoms with E-state index in [4.69, 9.17) is 10.5 Å². The van der Waals surface area contributed by atoms with Crippen molar-refractivity contribution < 1.29 is 13.5 Å². The molecule has 1 atom stereocenters. The molecular formula is C13H15F2N3O. The number of rotatable bonds is 5. The molecule has 0 aliphatic rings. The Morgan fingerprint density at radius 1 is 1.37 bits per heavy atom. The van der Waals surface area contributed by atoms with Crippen molar-refractivity contribution in [1.29, 1.82) is 0 Å². The van der Waals surface area contributed by atoms with E-state index in [1.807, 2.05) is 0 Å². The van der Waals surface area contributed by atoms with Gasteiger partial charge in [0.2, 0.25) is 0 Å². The van der Waals surface area contributed by atoms with Gasteiger partial charge >= 0.3 is 0 Å². The zero-order valence-electron chi connectivity index (χ0n) is 10.5. The maximum Gasteiger partial charge on any atom is 0.135 e. The zero-order chi connectivity index (χ0) is 13.8. The molecule has 19 heavy (non-hydrogen) atoms. The van der Waals surface area contributed by atoms with Crippen molar-refractivity contribution in [3.05, 3.63) is 41.9 Å². The fraction of sp³-hybridized carbons (Fsp3) is 0.308. The van der Waals surface area contributed by atoms with Crippen LogP contribution in [0, 0.1) is 11.6 Å². The van der Waals surface area contributed by atoms with Crippen LogP contribution in [0.15, 0.2) is 24.4 Å². The number of H-pyrrole nitrogens is 1. The summed E-state index contributed by atoms with van der Waals surface area (Å²) >= 11 is 0. The first-order valence-corrected chi connectivity index (χ1v) is 5.87. The Morgan fingerprint density at radius 2 is 2.05 bits per heavy atom. The summed E-state index contributed by atoms with van der Waals surface area (Å²) < 4.78 is 32.1. The Morgan fingerprint density at radius 3 is 2.68 bits per heavy atom. The molecule has 2 rings (SSSR count). The van der Waals surface area contributed by atoms with Gasteiger partial charge in [-0.1, -0.05) is 6.07 Å². The topological polar surface area (TPSA) is 63.9 Å². The summed E-state index contributed by atoms with van der Waals surface area (Å²) in [5, 5.41) is 0. The molecule has 0 spiro atoms. The van der Waals surface area contributed by atoms with Crippen molar-refractivity contribution in [3.63, 3.8) is 0 Å². The molecule has 1 aromatic carbocycles. The number of hydrogen-bond acceptors (Lipinski definition) is 3. The van der Waals surface area contributed by atoms with Gasteiger partial charge in [-0.2, -0.15) is 0 Å². The molecular weight excluding hydrogens is 252 g/mol. The predicted octanol–water partition coefficient (Wildman–Crippen LogP) is 2.39. The summed E-state index contributed by atoms with van der Waals surface area (Å²) in [7, 11) is 1.58. The van der Waals surface area contributed by atoms with Crippen LogP contribution in [0.3, 0.4) is 0 Å². The van der Waals surface area contributed by atoms with Crippen LogP contribution in [0.2, 0.25) is 0 Å². The summed E-state index contributed by atoms with van der Waals surface area (Å²) in [5.41, 5.74) is 6.04. The number of nitrogens with zero attached hydrogens (tertiary/aromatic N) is 1. The molecule has 102 valence electrons. The normalized spacial score (nSPS) is 12.6. The third kappa shape index (κ3) is 2.97. The van der Waals surface area contributed by atoms with Crippen molar-refractivity contribution in [3.8, 4) is 11.3 Å². The predicted molar refractivity (Wildman–Crippen MR) is 67.4 cm³/mol. The van der Waals surface area contributed by atoms with Crippen molar-refractivity contribution in [2.24, 2.45) is 5.73 Å². The molecule has 0 saturated heterocycles. The summed E-state index contributed by atoms with van der Waals surface area (Å²) in [6, 6.07) is 3.35. The largest absolute Gasteiger partial charge is 0.385 e. The van der Waals surface area contributed by atoms with Crippen LogP contribution < -0.4 is 5.73 Å². The Hall–Kier alpha value is -1.79. The summed E-state index contributed by atoms with van der Waals surface area (Å²) in [6.07, 6.45) is 1.95. The molecule has 0 saturated carbocycles. The summed E-state index contributed by atoms with van der Waals surface area (Å²) in [6.45, 7) is 0.491. The second-order valence-electron chi connectivity index (χ2n) is 4.17. The summed E-state index contributed by atoms with van der Waals surface area (Å²) in [4.78, 5) is 6.91. The van der Waals surface area contributed by atoms with Gasteiger partial charge in [-0.25, -0.2) is 13.8 Å². The van der Waals surface area contributed by atoms with Gasteiger partial charge in [0.25, 0.3) is 0 Å². The lowest BCUT2D eigenvalue weighted by atomic mass is 10.1. The SMILES string of the molecule is COCCC(N)c1ncc(-c2c(F)cccc2F)[nH]1. The Balaban J connectivity index is 2.26. The monoisotopic (exact) mass is 267 g/mol. The minimum absolute atomic E-state index is 0.125. The molecule has 1 unspecified atom stereocenters. The van der Waals surface area contributed by atoms with Crippen LogP contribution in [-0.4, -0.2) is 23.7 Å². The maximum absolute atomic E-state index is 13.6. The van der Waals surface area contributed by atoms with E-state index < -0.39 is 11.6 Å². The first-order valence-electron chi connectivity index (χ1n) is 5.87. The van der Waals surface area contributed by atoms with Crippen LogP contribution >= 0.6 is 0 Å². The standard InChI is InChI=1S/C13H15F2N3O/c1-19-6-5-10(16)13-17-7-11(18-13)12-8(14)3-2-4-9(12)15/h2-4,7,10H,5-6,16H2,1H3,(H,17,18). The molecule has 1 aromatic heterocycles. The Kier molecular flexibility index (Phi) is 4.24. The number of hydrogen-bond donors (Lipinski definition) is 2. The molecule has 3 N–H and O–H groups in total. The van der Waals surface area contributed by atoms with E-state index in [1.165, 1.54) is 24.4 Å². The van der Waals surface area contributed by atoms with Crippen molar-refractivity contribution >= 4 is 0 Å². The van der Waals surface area contributed by atoms with Gasteiger partial charge in [0, 0.05) is 13.7 Å². The van der Waals surface area contributed by atoms with E-state index in [2.05, 4.69) is 9.97 Å². The van der Waals surface area contributed by atoms with Gasteiger partial charge in [-0.3, -0.25) is 0 Å². The first-order chi connectivity index (χ1) is 9.13. The first kappa shape index (κ1) is 13.6. The zero-order valence-corrected chi connectivity index (χ0v) is 10.5. The number of methoxy groups -OCH3 is 1. The van der Waals surface area contributed by atoms with Gasteiger partial charge in [0.15, 0.2) is 0 Å². The minimum Gasteiger partial charge on any atom is -0.385 e. The molecule has 0 bridgehead atoms. The molecule has 0 aliphatic carbocycles. The fourth-order valence-electron chi connectivity index (χ4n) is 1.79. The number of halogens is 2. The highest BCUT2D eigenvalue weighted by atomic mass is 19.1. The van der Waals surface area contributed by atoms with E-state index in [9.17, 15) is 8.78 Å². The quantitative estimate of drug-likeness (QED) is 0.874. The van der Waals surface area contributed by atoms with Crippen LogP contribution in [0.1, 0.15) is 18.3 Å². The lowest BCUT2D eigenvalue weighted by Gasteiger charge is -2.07. The van der Waals surface area contributed by atoms with Crippen LogP contribution in [0.4, 0.5) is 8.78 Å². The number of nitrogens with one attached hydrogen (secondary N) is 1. The number of imidazole rings is 1. The Bertz CT molecular complexity index is 536. The minimum atomic E-state index is -0.638. The van der Waals surface area contributed by atoms with Gasteiger partial charge in [-0.15, -0.1) is 0 Å². The smallest absolute Gasteiger partial charge is 0.135 e. The van der Waals surface area contributed by atoms with E-state index >= 15 is 0 Å². The number of ether oxygens (including phenoxy) is 1. The molecule has 1 heterocycles. The van der Waals surface area contributed by atoms with Crippen LogP contribution in [0.5, 0.6) is 0 Å². The molecule has 6 heteroatoms. The summed E-state index contributed by atoms with van der Waals surface area (Å²) in [5.74, 6) is -0.795. The van der Waals surface area contributed by atoms with E-state index in [-0.39, 0.29) is 17.3 Å². The molecule has 0 amide bonds.